The predicted octanol–water partition coefficient (Wildman–Crippen LogP) is 5.19. The van der Waals surface area contributed by atoms with Crippen molar-refractivity contribution in [2.75, 3.05) is 5.32 Å². The van der Waals surface area contributed by atoms with Crippen LogP contribution in [0, 0.1) is 0 Å². The third kappa shape index (κ3) is 5.34. The molecule has 0 aliphatic heterocycles. The van der Waals surface area contributed by atoms with E-state index in [1.807, 2.05) is 60.8 Å². The van der Waals surface area contributed by atoms with E-state index in [9.17, 15) is 9.59 Å². The van der Waals surface area contributed by atoms with Crippen molar-refractivity contribution in [3.63, 3.8) is 0 Å². The van der Waals surface area contributed by atoms with Gasteiger partial charge in [-0.25, -0.2) is 9.97 Å². The monoisotopic (exact) mass is 450 g/mol. The molecule has 2 heterocycles. The Kier molecular flexibility index (Phi) is 6.39. The van der Waals surface area contributed by atoms with Gasteiger partial charge in [0.2, 0.25) is 11.8 Å². The van der Waals surface area contributed by atoms with Crippen LogP contribution in [0.15, 0.2) is 53.9 Å². The highest BCUT2D eigenvalue weighted by Gasteiger charge is 2.11. The number of benzene rings is 2. The molecule has 6 nitrogen and oxygen atoms in total. The number of hydrogen-bond acceptors (Lipinski definition) is 6. The molecule has 0 aliphatic rings. The smallest absolute Gasteiger partial charge is 0.226 e. The first kappa shape index (κ1) is 21.1. The topological polar surface area (TPSA) is 84.0 Å². The van der Waals surface area contributed by atoms with Crippen molar-refractivity contribution in [3.05, 3.63) is 64.5 Å². The Hall–Kier alpha value is -3.10. The van der Waals surface area contributed by atoms with E-state index in [-0.39, 0.29) is 17.9 Å². The van der Waals surface area contributed by atoms with Crippen molar-refractivity contribution >= 4 is 49.8 Å². The third-order valence-electron chi connectivity index (χ3n) is 4.78. The van der Waals surface area contributed by atoms with E-state index in [1.54, 1.807) is 11.3 Å². The minimum atomic E-state index is -0.0698. The number of nitrogens with zero attached hydrogens (tertiary/aromatic N) is 2. The van der Waals surface area contributed by atoms with Crippen molar-refractivity contribution in [1.82, 2.24) is 15.3 Å². The van der Waals surface area contributed by atoms with Gasteiger partial charge in [-0.1, -0.05) is 36.4 Å². The van der Waals surface area contributed by atoms with Crippen LogP contribution >= 0.6 is 22.7 Å². The van der Waals surface area contributed by atoms with Crippen molar-refractivity contribution < 1.29 is 9.59 Å². The van der Waals surface area contributed by atoms with Gasteiger partial charge in [-0.3, -0.25) is 9.59 Å². The maximum atomic E-state index is 12.4. The van der Waals surface area contributed by atoms with E-state index in [0.717, 1.165) is 32.0 Å². The van der Waals surface area contributed by atoms with Crippen LogP contribution in [0.5, 0.6) is 0 Å². The predicted molar refractivity (Wildman–Crippen MR) is 126 cm³/mol. The van der Waals surface area contributed by atoms with Crippen LogP contribution in [0.25, 0.3) is 21.5 Å². The second kappa shape index (κ2) is 9.36. The standard InChI is InChI=1S/C23H22N4O2S2/c1-14(24-15(2)28)16-7-9-17(10-8-16)19-13-30-23(26-19)27-21(29)11-12-22-25-18-5-3-4-6-20(18)31-22/h3-10,13-14H,11-12H2,1-2H3,(H,24,28)(H,26,27,29). The molecule has 0 saturated heterocycles. The Morgan fingerprint density at radius 2 is 1.84 bits per heavy atom. The average molecular weight is 451 g/mol. The zero-order chi connectivity index (χ0) is 21.8. The summed E-state index contributed by atoms with van der Waals surface area (Å²) in [5.74, 6) is -0.126. The van der Waals surface area contributed by atoms with Crippen LogP contribution in [-0.2, 0) is 16.0 Å². The van der Waals surface area contributed by atoms with E-state index >= 15 is 0 Å². The average Bonchev–Trinajstić information content (AvgIpc) is 3.38. The van der Waals surface area contributed by atoms with Crippen LogP contribution in [0.4, 0.5) is 5.13 Å². The number of para-hydroxylation sites is 1. The van der Waals surface area contributed by atoms with Gasteiger partial charge in [0, 0.05) is 30.7 Å². The fraction of sp³-hybridized carbons (Fsp3) is 0.217. The Morgan fingerprint density at radius 3 is 2.58 bits per heavy atom. The number of nitrogens with one attached hydrogen (secondary N) is 2. The van der Waals surface area contributed by atoms with Gasteiger partial charge in [0.25, 0.3) is 0 Å². The lowest BCUT2D eigenvalue weighted by atomic mass is 10.1. The van der Waals surface area contributed by atoms with Crippen LogP contribution in [0.1, 0.15) is 36.9 Å². The molecule has 0 spiro atoms. The molecule has 31 heavy (non-hydrogen) atoms. The summed E-state index contributed by atoms with van der Waals surface area (Å²) in [5.41, 5.74) is 3.78. The summed E-state index contributed by atoms with van der Waals surface area (Å²) in [4.78, 5) is 32.7. The summed E-state index contributed by atoms with van der Waals surface area (Å²) in [6.45, 7) is 3.45. The summed E-state index contributed by atoms with van der Waals surface area (Å²) in [7, 11) is 0. The SMILES string of the molecule is CC(=O)NC(C)c1ccc(-c2csc(NC(=O)CCc3nc4ccccc4s3)n2)cc1. The Morgan fingerprint density at radius 1 is 1.06 bits per heavy atom. The van der Waals surface area contributed by atoms with Crippen molar-refractivity contribution in [3.8, 4) is 11.3 Å². The van der Waals surface area contributed by atoms with Gasteiger partial charge in [-0.05, 0) is 24.6 Å². The van der Waals surface area contributed by atoms with Crippen LogP contribution in [0.2, 0.25) is 0 Å². The number of aromatic nitrogens is 2. The lowest BCUT2D eigenvalue weighted by Gasteiger charge is -2.12. The van der Waals surface area contributed by atoms with Gasteiger partial charge in [-0.2, -0.15) is 0 Å². The largest absolute Gasteiger partial charge is 0.350 e. The van der Waals surface area contributed by atoms with Gasteiger partial charge < -0.3 is 10.6 Å². The van der Waals surface area contributed by atoms with Gasteiger partial charge in [0.1, 0.15) is 0 Å². The maximum Gasteiger partial charge on any atom is 0.226 e. The summed E-state index contributed by atoms with van der Waals surface area (Å²) >= 11 is 3.03. The van der Waals surface area contributed by atoms with Gasteiger partial charge in [0.15, 0.2) is 5.13 Å². The molecule has 0 bridgehead atoms. The lowest BCUT2D eigenvalue weighted by Crippen LogP contribution is -2.23. The van der Waals surface area contributed by atoms with Gasteiger partial charge in [0.05, 0.1) is 27.0 Å². The van der Waals surface area contributed by atoms with Crippen molar-refractivity contribution in [2.45, 2.75) is 32.7 Å². The summed E-state index contributed by atoms with van der Waals surface area (Å²) in [6, 6.07) is 15.8. The molecule has 2 aromatic carbocycles. The fourth-order valence-corrected chi connectivity index (χ4v) is 4.93. The molecule has 1 unspecified atom stereocenters. The second-order valence-electron chi connectivity index (χ2n) is 7.21. The first-order valence-electron chi connectivity index (χ1n) is 9.95. The normalized spacial score (nSPS) is 11.9. The van der Waals surface area contributed by atoms with E-state index in [0.29, 0.717) is 18.0 Å². The van der Waals surface area contributed by atoms with E-state index in [1.165, 1.54) is 18.3 Å². The Bertz CT molecular complexity index is 1180. The van der Waals surface area contributed by atoms with E-state index < -0.39 is 0 Å². The molecule has 0 fully saturated rings. The number of carbonyl (C=O) groups excluding carboxylic acids is 2. The molecular weight excluding hydrogens is 428 g/mol. The molecule has 0 aliphatic carbocycles. The molecule has 0 radical (unpaired) electrons. The maximum absolute atomic E-state index is 12.4. The molecule has 158 valence electrons. The first-order chi connectivity index (χ1) is 15.0. The van der Waals surface area contributed by atoms with Gasteiger partial charge >= 0.3 is 0 Å². The van der Waals surface area contributed by atoms with Crippen LogP contribution in [-0.4, -0.2) is 21.8 Å². The quantitative estimate of drug-likeness (QED) is 0.406. The zero-order valence-corrected chi connectivity index (χ0v) is 18.8. The van der Waals surface area contributed by atoms with Crippen LogP contribution in [0.3, 0.4) is 0 Å². The Labute approximate surface area is 188 Å². The minimum Gasteiger partial charge on any atom is -0.350 e. The number of anilines is 1. The highest BCUT2D eigenvalue weighted by atomic mass is 32.1. The number of aryl methyl sites for hydroxylation is 1. The number of rotatable bonds is 7. The molecule has 2 N–H and O–H groups in total. The molecule has 2 amide bonds. The molecule has 1 atom stereocenters. The fourth-order valence-electron chi connectivity index (χ4n) is 3.22. The van der Waals surface area contributed by atoms with Crippen LogP contribution < -0.4 is 10.6 Å². The van der Waals surface area contributed by atoms with Crippen molar-refractivity contribution in [1.29, 1.82) is 0 Å². The number of hydrogen-bond donors (Lipinski definition) is 2. The summed E-state index contributed by atoms with van der Waals surface area (Å²) in [5, 5.41) is 9.23. The highest BCUT2D eigenvalue weighted by Crippen LogP contribution is 2.27. The molecule has 2 aromatic heterocycles. The number of amides is 2. The number of thiazole rings is 2. The van der Waals surface area contributed by atoms with E-state index in [4.69, 9.17) is 0 Å². The number of carbonyl (C=O) groups is 2. The molecule has 0 saturated carbocycles. The third-order valence-corrected chi connectivity index (χ3v) is 6.63. The van der Waals surface area contributed by atoms with Gasteiger partial charge in [-0.15, -0.1) is 22.7 Å². The molecule has 4 rings (SSSR count). The summed E-state index contributed by atoms with van der Waals surface area (Å²) in [6.07, 6.45) is 0.974. The Balaban J connectivity index is 1.34. The molecular formula is C23H22N4O2S2. The lowest BCUT2D eigenvalue weighted by molar-refractivity contribution is -0.119. The van der Waals surface area contributed by atoms with Crippen molar-refractivity contribution in [2.24, 2.45) is 0 Å². The highest BCUT2D eigenvalue weighted by molar-refractivity contribution is 7.18. The van der Waals surface area contributed by atoms with E-state index in [2.05, 4.69) is 20.6 Å². The number of fused-ring (bicyclic) bond motifs is 1. The first-order valence-corrected chi connectivity index (χ1v) is 11.6. The molecule has 8 heteroatoms. The minimum absolute atomic E-state index is 0.0488. The zero-order valence-electron chi connectivity index (χ0n) is 17.2. The molecule has 4 aromatic rings. The second-order valence-corrected chi connectivity index (χ2v) is 9.18. The summed E-state index contributed by atoms with van der Waals surface area (Å²) < 4.78 is 1.14.